The van der Waals surface area contributed by atoms with Crippen molar-refractivity contribution in [2.45, 2.75) is 57.8 Å². The minimum atomic E-state index is 0.183. The van der Waals surface area contributed by atoms with Gasteiger partial charge in [-0.25, -0.2) is 4.98 Å². The zero-order valence-corrected chi connectivity index (χ0v) is 15.2. The van der Waals surface area contributed by atoms with E-state index in [9.17, 15) is 0 Å². The number of benzene rings is 1. The maximum atomic E-state index is 6.46. The highest BCUT2D eigenvalue weighted by Gasteiger charge is 2.38. The molecule has 0 unspecified atom stereocenters. The predicted molar refractivity (Wildman–Crippen MR) is 99.3 cm³/mol. The molecule has 2 aliphatic rings. The summed E-state index contributed by atoms with van der Waals surface area (Å²) < 4.78 is 6.46. The quantitative estimate of drug-likeness (QED) is 0.825. The molecule has 4 nitrogen and oxygen atoms in total. The molecule has 0 radical (unpaired) electrons. The summed E-state index contributed by atoms with van der Waals surface area (Å²) in [5.74, 6) is 1.89. The molecule has 0 amide bonds. The van der Waals surface area contributed by atoms with E-state index in [2.05, 4.69) is 52.1 Å². The van der Waals surface area contributed by atoms with Gasteiger partial charge >= 0.3 is 0 Å². The number of morpholine rings is 1. The average molecular weight is 339 g/mol. The van der Waals surface area contributed by atoms with Gasteiger partial charge in [-0.15, -0.1) is 0 Å². The minimum Gasteiger partial charge on any atom is -0.367 e. The summed E-state index contributed by atoms with van der Waals surface area (Å²) in [6.07, 6.45) is 8.69. The van der Waals surface area contributed by atoms with E-state index in [1.807, 2.05) is 6.20 Å². The van der Waals surface area contributed by atoms with Gasteiger partial charge in [-0.1, -0.05) is 43.7 Å². The molecule has 2 fully saturated rings. The van der Waals surface area contributed by atoms with Crippen molar-refractivity contribution in [2.75, 3.05) is 13.1 Å². The summed E-state index contributed by atoms with van der Waals surface area (Å²) in [6, 6.07) is 10.7. The Kier molecular flexibility index (Phi) is 5.18. The molecule has 1 saturated carbocycles. The topological polar surface area (TPSA) is 41.2 Å². The Morgan fingerprint density at radius 2 is 2.04 bits per heavy atom. The van der Waals surface area contributed by atoms with Gasteiger partial charge in [0.1, 0.15) is 5.82 Å². The van der Waals surface area contributed by atoms with Crippen molar-refractivity contribution in [1.29, 1.82) is 0 Å². The average Bonchev–Trinajstić information content (AvgIpc) is 3.41. The van der Waals surface area contributed by atoms with Crippen molar-refractivity contribution in [2.24, 2.45) is 5.92 Å². The lowest BCUT2D eigenvalue weighted by Crippen LogP contribution is -2.44. The second kappa shape index (κ2) is 7.71. The number of nitrogens with zero attached hydrogens (tertiary/aromatic N) is 2. The van der Waals surface area contributed by atoms with E-state index in [1.165, 1.54) is 36.9 Å². The molecule has 2 heterocycles. The molecule has 1 aliphatic heterocycles. The Morgan fingerprint density at radius 1 is 1.20 bits per heavy atom. The Labute approximate surface area is 150 Å². The van der Waals surface area contributed by atoms with Crippen molar-refractivity contribution < 1.29 is 4.74 Å². The summed E-state index contributed by atoms with van der Waals surface area (Å²) in [5, 5.41) is 0. The van der Waals surface area contributed by atoms with E-state index < -0.39 is 0 Å². The van der Waals surface area contributed by atoms with Crippen molar-refractivity contribution >= 4 is 0 Å². The first-order valence-corrected chi connectivity index (χ1v) is 9.77. The molecule has 1 aliphatic carbocycles. The van der Waals surface area contributed by atoms with Gasteiger partial charge in [0.25, 0.3) is 0 Å². The van der Waals surface area contributed by atoms with Crippen LogP contribution >= 0.6 is 0 Å². The van der Waals surface area contributed by atoms with Crippen LogP contribution in [0.1, 0.15) is 55.8 Å². The van der Waals surface area contributed by atoms with Crippen LogP contribution in [0.5, 0.6) is 0 Å². The Balaban J connectivity index is 1.43. The Morgan fingerprint density at radius 3 is 2.80 bits per heavy atom. The number of imidazole rings is 1. The summed E-state index contributed by atoms with van der Waals surface area (Å²) in [5.41, 5.74) is 2.53. The van der Waals surface area contributed by atoms with E-state index >= 15 is 0 Å². The molecule has 0 bridgehead atoms. The monoisotopic (exact) mass is 339 g/mol. The van der Waals surface area contributed by atoms with Gasteiger partial charge in [-0.05, 0) is 30.7 Å². The second-order valence-corrected chi connectivity index (χ2v) is 7.56. The third-order valence-corrected chi connectivity index (χ3v) is 5.36. The first-order valence-electron chi connectivity index (χ1n) is 9.77. The van der Waals surface area contributed by atoms with Crippen LogP contribution in [-0.2, 0) is 17.7 Å². The highest BCUT2D eigenvalue weighted by Crippen LogP contribution is 2.39. The first kappa shape index (κ1) is 16.8. The van der Waals surface area contributed by atoms with Gasteiger partial charge in [0.2, 0.25) is 0 Å². The number of aromatic nitrogens is 2. The van der Waals surface area contributed by atoms with Gasteiger partial charge in [-0.3, -0.25) is 4.90 Å². The summed E-state index contributed by atoms with van der Waals surface area (Å²) in [7, 11) is 0. The van der Waals surface area contributed by atoms with E-state index in [0.717, 1.165) is 37.8 Å². The van der Waals surface area contributed by atoms with Crippen LogP contribution in [0.2, 0.25) is 0 Å². The van der Waals surface area contributed by atoms with Crippen molar-refractivity contribution in [3.05, 3.63) is 53.6 Å². The molecule has 1 saturated heterocycles. The van der Waals surface area contributed by atoms with Crippen molar-refractivity contribution in [1.82, 2.24) is 14.9 Å². The molecule has 1 aromatic heterocycles. The fourth-order valence-electron chi connectivity index (χ4n) is 3.77. The van der Waals surface area contributed by atoms with Crippen LogP contribution in [0.25, 0.3) is 0 Å². The summed E-state index contributed by atoms with van der Waals surface area (Å²) >= 11 is 0. The van der Waals surface area contributed by atoms with Crippen molar-refractivity contribution in [3.63, 3.8) is 0 Å². The van der Waals surface area contributed by atoms with Crippen LogP contribution in [0.4, 0.5) is 0 Å². The van der Waals surface area contributed by atoms with Crippen molar-refractivity contribution in [3.8, 4) is 0 Å². The Hall–Kier alpha value is -1.65. The van der Waals surface area contributed by atoms with Crippen LogP contribution < -0.4 is 0 Å². The fraction of sp³-hybridized carbons (Fsp3) is 0.571. The second-order valence-electron chi connectivity index (χ2n) is 7.56. The standard InChI is InChI=1S/C21H29N3O/c1-2-3-9-21-22-12-18(23-21)13-24-14-19(16-7-5-4-6-8-16)25-20(15-24)17-10-11-17/h4-8,12,17,19-20H,2-3,9-11,13-15H2,1H3,(H,22,23)/t19-,20+/m0/s1. The molecule has 1 N–H and O–H groups in total. The van der Waals surface area contributed by atoms with Crippen LogP contribution in [0.15, 0.2) is 36.5 Å². The maximum absolute atomic E-state index is 6.46. The normalized spacial score (nSPS) is 24.5. The summed E-state index contributed by atoms with van der Waals surface area (Å²) in [6.45, 7) is 5.15. The molecule has 2 aromatic rings. The van der Waals surface area contributed by atoms with Gasteiger partial charge in [0, 0.05) is 37.9 Å². The van der Waals surface area contributed by atoms with E-state index in [1.54, 1.807) is 0 Å². The van der Waals surface area contributed by atoms with Gasteiger partial charge in [0.15, 0.2) is 0 Å². The minimum absolute atomic E-state index is 0.183. The maximum Gasteiger partial charge on any atom is 0.106 e. The summed E-state index contributed by atoms with van der Waals surface area (Å²) in [4.78, 5) is 10.6. The van der Waals surface area contributed by atoms with E-state index in [-0.39, 0.29) is 6.10 Å². The number of ether oxygens (including phenoxy) is 1. The highest BCUT2D eigenvalue weighted by atomic mass is 16.5. The molecule has 0 spiro atoms. The molecule has 2 atom stereocenters. The number of aryl methyl sites for hydroxylation is 1. The van der Waals surface area contributed by atoms with Crippen LogP contribution in [-0.4, -0.2) is 34.1 Å². The molecule has 25 heavy (non-hydrogen) atoms. The van der Waals surface area contributed by atoms with Crippen LogP contribution in [0, 0.1) is 5.92 Å². The zero-order valence-electron chi connectivity index (χ0n) is 15.2. The molecular formula is C21H29N3O. The molecule has 134 valence electrons. The Bertz CT molecular complexity index is 665. The number of aromatic amines is 1. The molecule has 4 heteroatoms. The van der Waals surface area contributed by atoms with Gasteiger partial charge in [-0.2, -0.15) is 0 Å². The number of H-pyrrole nitrogens is 1. The highest BCUT2D eigenvalue weighted by molar-refractivity contribution is 5.19. The number of hydrogen-bond donors (Lipinski definition) is 1. The third kappa shape index (κ3) is 4.31. The van der Waals surface area contributed by atoms with Gasteiger partial charge < -0.3 is 9.72 Å². The number of nitrogens with one attached hydrogen (secondary N) is 1. The number of unbranched alkanes of at least 4 members (excludes halogenated alkanes) is 1. The van der Waals surface area contributed by atoms with Gasteiger partial charge in [0.05, 0.1) is 12.2 Å². The number of hydrogen-bond acceptors (Lipinski definition) is 3. The lowest BCUT2D eigenvalue weighted by Gasteiger charge is -2.38. The largest absolute Gasteiger partial charge is 0.367 e. The van der Waals surface area contributed by atoms with E-state index in [0.29, 0.717) is 6.10 Å². The lowest BCUT2D eigenvalue weighted by molar-refractivity contribution is -0.0988. The molecule has 4 rings (SSSR count). The molecule has 1 aromatic carbocycles. The van der Waals surface area contributed by atoms with Crippen LogP contribution in [0.3, 0.4) is 0 Å². The third-order valence-electron chi connectivity index (χ3n) is 5.36. The molecular weight excluding hydrogens is 310 g/mol. The smallest absolute Gasteiger partial charge is 0.106 e. The number of rotatable bonds is 7. The first-order chi connectivity index (χ1) is 12.3. The van der Waals surface area contributed by atoms with E-state index in [4.69, 9.17) is 4.74 Å². The SMILES string of the molecule is CCCCc1ncc(CN2C[C@@H](c3ccccc3)O[C@@H](C3CC3)C2)[nH]1. The lowest BCUT2D eigenvalue weighted by atomic mass is 10.0. The predicted octanol–water partition coefficient (Wildman–Crippen LogP) is 4.10. The fourth-order valence-corrected chi connectivity index (χ4v) is 3.77. The zero-order chi connectivity index (χ0) is 17.1.